The fourth-order valence-electron chi connectivity index (χ4n) is 4.46. The predicted molar refractivity (Wildman–Crippen MR) is 126 cm³/mol. The third-order valence-electron chi connectivity index (χ3n) is 5.78. The van der Waals surface area contributed by atoms with Gasteiger partial charge in [0, 0.05) is 44.1 Å². The topological polar surface area (TPSA) is 66.2 Å². The summed E-state index contributed by atoms with van der Waals surface area (Å²) in [6, 6.07) is 14.1. The van der Waals surface area contributed by atoms with Gasteiger partial charge >= 0.3 is 0 Å². The number of nitrogens with zero attached hydrogens (tertiary/aromatic N) is 2. The maximum absolute atomic E-state index is 8.49. The molecule has 2 N–H and O–H groups in total. The van der Waals surface area contributed by atoms with E-state index in [-0.39, 0.29) is 31.3 Å². The molecule has 1 aliphatic rings. The summed E-state index contributed by atoms with van der Waals surface area (Å²) in [5, 5.41) is 21.8. The summed E-state index contributed by atoms with van der Waals surface area (Å²) in [5.41, 5.74) is 5.82. The van der Waals surface area contributed by atoms with Crippen molar-refractivity contribution in [1.29, 1.82) is 0 Å². The van der Waals surface area contributed by atoms with Crippen molar-refractivity contribution in [1.82, 2.24) is 9.97 Å². The fourth-order valence-corrected chi connectivity index (χ4v) is 4.46. The third kappa shape index (κ3) is 4.21. The number of aliphatic hydroxyl groups excluding tert-OH is 2. The number of aliphatic hydroxyl groups is 2. The summed E-state index contributed by atoms with van der Waals surface area (Å²) in [4.78, 5) is 9.34. The molecule has 0 amide bonds. The molecule has 4 nitrogen and oxygen atoms in total. The van der Waals surface area contributed by atoms with Crippen molar-refractivity contribution in [2.24, 2.45) is 0 Å². The number of hydrogen-bond donors (Lipinski definition) is 2. The van der Waals surface area contributed by atoms with Crippen molar-refractivity contribution in [3.05, 3.63) is 83.5 Å². The molecule has 0 bridgehead atoms. The van der Waals surface area contributed by atoms with Gasteiger partial charge in [0.05, 0.1) is 11.9 Å². The van der Waals surface area contributed by atoms with Crippen LogP contribution in [0.4, 0.5) is 0 Å². The van der Waals surface area contributed by atoms with Gasteiger partial charge < -0.3 is 15.2 Å². The number of allylic oxidation sites excluding steroid dienone is 1. The number of aryl methyl sites for hydroxylation is 1. The van der Waals surface area contributed by atoms with E-state index in [1.165, 1.54) is 45.8 Å². The Hall–Kier alpha value is -2.59. The van der Waals surface area contributed by atoms with E-state index >= 15 is 0 Å². The maximum atomic E-state index is 8.49. The average molecular weight is 604 g/mol. The number of pyridine rings is 2. The minimum atomic E-state index is -0.537. The molecule has 4 aromatic rings. The smallest absolute Gasteiger partial charge is 0.0877 e. The Morgan fingerprint density at radius 3 is 2.53 bits per heavy atom. The van der Waals surface area contributed by atoms with Gasteiger partial charge in [0.15, 0.2) is 0 Å². The van der Waals surface area contributed by atoms with Crippen LogP contribution < -0.4 is 0 Å². The Kier molecular flexibility index (Phi) is 6.85. The van der Waals surface area contributed by atoms with Crippen molar-refractivity contribution in [3.8, 4) is 11.3 Å². The second kappa shape index (κ2) is 9.11. The Balaban J connectivity index is 0.000000318. The van der Waals surface area contributed by atoms with Gasteiger partial charge in [-0.2, -0.15) is 0 Å². The van der Waals surface area contributed by atoms with Crippen LogP contribution in [0.3, 0.4) is 0 Å². The molecule has 0 saturated carbocycles. The minimum absolute atomic E-state index is 0. The second-order valence-corrected chi connectivity index (χ2v) is 8.75. The van der Waals surface area contributed by atoms with Gasteiger partial charge in [0.25, 0.3) is 0 Å². The molecule has 32 heavy (non-hydrogen) atoms. The van der Waals surface area contributed by atoms with E-state index in [4.69, 9.17) is 15.2 Å². The molecule has 0 aliphatic heterocycles. The zero-order valence-electron chi connectivity index (χ0n) is 18.9. The van der Waals surface area contributed by atoms with Crippen LogP contribution >= 0.6 is 0 Å². The fraction of sp³-hybridized carbons (Fsp3) is 0.259. The SMILES string of the molecule is C/C(O)=C/C(C)O.Cc1ccc2cnc3c(c2c1)C(C)(C)c1cncc2cc[c-]c-3c12.[Ir]. The van der Waals surface area contributed by atoms with E-state index < -0.39 is 6.10 Å². The van der Waals surface area contributed by atoms with Gasteiger partial charge in [-0.15, -0.1) is 23.8 Å². The molecule has 1 radical (unpaired) electrons. The predicted octanol–water partition coefficient (Wildman–Crippen LogP) is 6.02. The van der Waals surface area contributed by atoms with Crippen LogP contribution in [0.5, 0.6) is 0 Å². The van der Waals surface area contributed by atoms with Crippen molar-refractivity contribution < 1.29 is 30.3 Å². The van der Waals surface area contributed by atoms with Crippen molar-refractivity contribution in [3.63, 3.8) is 0 Å². The quantitative estimate of drug-likeness (QED) is 0.206. The monoisotopic (exact) mass is 604 g/mol. The number of hydrogen-bond acceptors (Lipinski definition) is 4. The van der Waals surface area contributed by atoms with Crippen LogP contribution in [-0.2, 0) is 25.5 Å². The maximum Gasteiger partial charge on any atom is 0.0877 e. The Morgan fingerprint density at radius 1 is 1.12 bits per heavy atom. The summed E-state index contributed by atoms with van der Waals surface area (Å²) in [7, 11) is 0. The summed E-state index contributed by atoms with van der Waals surface area (Å²) < 4.78 is 0. The van der Waals surface area contributed by atoms with E-state index in [2.05, 4.69) is 56.1 Å². The largest absolute Gasteiger partial charge is 0.513 e. The van der Waals surface area contributed by atoms with Gasteiger partial charge in [-0.25, -0.2) is 0 Å². The number of aromatic nitrogens is 2. The van der Waals surface area contributed by atoms with E-state index in [1.807, 2.05) is 24.7 Å². The zero-order chi connectivity index (χ0) is 22.3. The molecule has 1 atom stereocenters. The average Bonchev–Trinajstić information content (AvgIpc) is 2.70. The molecule has 167 valence electrons. The Morgan fingerprint density at radius 2 is 1.88 bits per heavy atom. The van der Waals surface area contributed by atoms with Crippen LogP contribution in [0, 0.1) is 13.0 Å². The van der Waals surface area contributed by atoms with Crippen molar-refractivity contribution in [2.45, 2.75) is 46.1 Å². The normalized spacial score (nSPS) is 14.8. The van der Waals surface area contributed by atoms with Gasteiger partial charge in [0.1, 0.15) is 0 Å². The first-order chi connectivity index (χ1) is 14.7. The van der Waals surface area contributed by atoms with Gasteiger partial charge in [-0.3, -0.25) is 4.98 Å². The van der Waals surface area contributed by atoms with Gasteiger partial charge in [-0.1, -0.05) is 53.9 Å². The first kappa shape index (κ1) is 24.1. The molecular weight excluding hydrogens is 577 g/mol. The van der Waals surface area contributed by atoms with Crippen LogP contribution in [0.2, 0.25) is 0 Å². The van der Waals surface area contributed by atoms with Gasteiger partial charge in [0.2, 0.25) is 0 Å². The number of benzene rings is 2. The number of rotatable bonds is 1. The molecule has 2 aromatic heterocycles. The molecule has 2 aromatic carbocycles. The van der Waals surface area contributed by atoms with Crippen LogP contribution in [0.15, 0.2) is 60.8 Å². The summed E-state index contributed by atoms with van der Waals surface area (Å²) >= 11 is 0. The molecule has 0 saturated heterocycles. The molecule has 0 fully saturated rings. The third-order valence-corrected chi connectivity index (χ3v) is 5.78. The van der Waals surface area contributed by atoms with Crippen LogP contribution in [0.1, 0.15) is 44.4 Å². The van der Waals surface area contributed by atoms with Crippen molar-refractivity contribution in [2.75, 3.05) is 0 Å². The van der Waals surface area contributed by atoms with Crippen LogP contribution in [-0.4, -0.2) is 26.3 Å². The molecule has 1 aliphatic carbocycles. The summed E-state index contributed by atoms with van der Waals surface area (Å²) in [6.07, 6.45) is 6.76. The van der Waals surface area contributed by atoms with Crippen LogP contribution in [0.25, 0.3) is 32.8 Å². The molecule has 5 rings (SSSR count). The summed E-state index contributed by atoms with van der Waals surface area (Å²) in [5.74, 6) is 0.162. The van der Waals surface area contributed by atoms with E-state index in [0.29, 0.717) is 0 Å². The minimum Gasteiger partial charge on any atom is -0.513 e. The van der Waals surface area contributed by atoms with E-state index in [1.54, 1.807) is 6.92 Å². The molecule has 0 spiro atoms. The molecule has 1 unspecified atom stereocenters. The van der Waals surface area contributed by atoms with Crippen molar-refractivity contribution >= 4 is 21.5 Å². The summed E-state index contributed by atoms with van der Waals surface area (Å²) in [6.45, 7) is 9.81. The first-order valence-electron chi connectivity index (χ1n) is 10.4. The number of fused-ring (bicyclic) bond motifs is 4. The molecular formula is C27H27IrN2O2-. The Labute approximate surface area is 202 Å². The van der Waals surface area contributed by atoms with E-state index in [9.17, 15) is 0 Å². The first-order valence-corrected chi connectivity index (χ1v) is 10.4. The zero-order valence-corrected chi connectivity index (χ0v) is 21.3. The molecule has 5 heteroatoms. The molecule has 2 heterocycles. The standard InChI is InChI=1S/C22H17N2.C5H10O2.Ir/c1-13-7-8-14-11-24-21-16-6-4-5-15-10-23-12-18(19(15)16)22(2,3)20(21)17(14)9-13;1-4(6)3-5(2)7;/h4-5,7-12H,1-3H3;3-4,6-7H,1-2H3;/q-1;;/b;5-3-;. The van der Waals surface area contributed by atoms with Gasteiger partial charge in [-0.05, 0) is 48.9 Å². The Bertz CT molecular complexity index is 1320. The second-order valence-electron chi connectivity index (χ2n) is 8.75. The van der Waals surface area contributed by atoms with E-state index in [0.717, 1.165) is 16.6 Å².